The fraction of sp³-hybridized carbons (Fsp3) is 0.214. The van der Waals surface area contributed by atoms with E-state index in [4.69, 9.17) is 32.4 Å². The van der Waals surface area contributed by atoms with Gasteiger partial charge in [0.2, 0.25) is 0 Å². The van der Waals surface area contributed by atoms with E-state index in [0.717, 1.165) is 0 Å². The van der Waals surface area contributed by atoms with Crippen LogP contribution in [0.15, 0.2) is 41.0 Å². The standard InChI is InChI=1S/C14H13Cl2NO3/c1-17(8-11-3-2-6-19-11)14(18)9-20-13-5-4-10(15)7-12(13)16/h2-7H,8-9H2,1H3. The molecule has 1 heterocycles. The van der Waals surface area contributed by atoms with Crippen LogP contribution in [0.2, 0.25) is 10.0 Å². The van der Waals surface area contributed by atoms with Crippen LogP contribution in [0.3, 0.4) is 0 Å². The molecule has 0 aliphatic heterocycles. The second kappa shape index (κ2) is 6.68. The summed E-state index contributed by atoms with van der Waals surface area (Å²) in [5, 5.41) is 0.891. The minimum atomic E-state index is -0.174. The molecule has 2 aromatic rings. The van der Waals surface area contributed by atoms with E-state index >= 15 is 0 Å². The Labute approximate surface area is 126 Å². The molecule has 0 bridgehead atoms. The number of hydrogen-bond acceptors (Lipinski definition) is 3. The third-order valence-electron chi connectivity index (χ3n) is 2.64. The minimum Gasteiger partial charge on any atom is -0.482 e. The van der Waals surface area contributed by atoms with Gasteiger partial charge in [-0.2, -0.15) is 0 Å². The minimum absolute atomic E-state index is 0.0986. The van der Waals surface area contributed by atoms with Gasteiger partial charge in [0.05, 0.1) is 17.8 Å². The van der Waals surface area contributed by atoms with Crippen molar-refractivity contribution in [2.45, 2.75) is 6.54 Å². The highest BCUT2D eigenvalue weighted by Gasteiger charge is 2.12. The first-order valence-electron chi connectivity index (χ1n) is 5.90. The first kappa shape index (κ1) is 14.8. The molecule has 0 atom stereocenters. The van der Waals surface area contributed by atoms with Gasteiger partial charge in [-0.05, 0) is 30.3 Å². The summed E-state index contributed by atoms with van der Waals surface area (Å²) in [7, 11) is 1.68. The molecule has 106 valence electrons. The lowest BCUT2D eigenvalue weighted by Crippen LogP contribution is -2.30. The summed E-state index contributed by atoms with van der Waals surface area (Å²) in [6.45, 7) is 0.294. The van der Waals surface area contributed by atoms with Crippen LogP contribution < -0.4 is 4.74 Å². The van der Waals surface area contributed by atoms with Crippen LogP contribution in [0, 0.1) is 0 Å². The number of benzene rings is 1. The molecule has 0 saturated heterocycles. The van der Waals surface area contributed by atoms with E-state index < -0.39 is 0 Å². The molecule has 1 amide bonds. The van der Waals surface area contributed by atoms with E-state index in [-0.39, 0.29) is 12.5 Å². The molecule has 0 aliphatic rings. The molecule has 1 aromatic carbocycles. The van der Waals surface area contributed by atoms with E-state index in [2.05, 4.69) is 0 Å². The fourth-order valence-corrected chi connectivity index (χ4v) is 2.03. The van der Waals surface area contributed by atoms with E-state index in [0.29, 0.717) is 28.1 Å². The summed E-state index contributed by atoms with van der Waals surface area (Å²) < 4.78 is 10.6. The molecule has 0 unspecified atom stereocenters. The van der Waals surface area contributed by atoms with Gasteiger partial charge in [-0.1, -0.05) is 23.2 Å². The van der Waals surface area contributed by atoms with Gasteiger partial charge in [-0.3, -0.25) is 4.79 Å². The van der Waals surface area contributed by atoms with Gasteiger partial charge < -0.3 is 14.1 Å². The highest BCUT2D eigenvalue weighted by atomic mass is 35.5. The van der Waals surface area contributed by atoms with Crippen LogP contribution in [0.5, 0.6) is 5.75 Å². The molecular formula is C14H13Cl2NO3. The van der Waals surface area contributed by atoms with Crippen molar-refractivity contribution >= 4 is 29.1 Å². The Kier molecular flexibility index (Phi) is 4.93. The van der Waals surface area contributed by atoms with Crippen molar-refractivity contribution in [3.8, 4) is 5.75 Å². The monoisotopic (exact) mass is 313 g/mol. The van der Waals surface area contributed by atoms with Crippen molar-refractivity contribution in [1.29, 1.82) is 0 Å². The average Bonchev–Trinajstić information content (AvgIpc) is 2.90. The number of likely N-dealkylation sites (N-methyl/N-ethyl adjacent to an activating group) is 1. The molecule has 20 heavy (non-hydrogen) atoms. The third-order valence-corrected chi connectivity index (χ3v) is 3.17. The SMILES string of the molecule is CN(Cc1ccco1)C(=O)COc1ccc(Cl)cc1Cl. The fourth-order valence-electron chi connectivity index (χ4n) is 1.57. The van der Waals surface area contributed by atoms with Gasteiger partial charge >= 0.3 is 0 Å². The van der Waals surface area contributed by atoms with Crippen LogP contribution in [-0.4, -0.2) is 24.5 Å². The number of nitrogens with zero attached hydrogens (tertiary/aromatic N) is 1. The van der Waals surface area contributed by atoms with Gasteiger partial charge in [0.15, 0.2) is 6.61 Å². The topological polar surface area (TPSA) is 42.7 Å². The van der Waals surface area contributed by atoms with Crippen molar-refractivity contribution in [2.75, 3.05) is 13.7 Å². The highest BCUT2D eigenvalue weighted by Crippen LogP contribution is 2.27. The summed E-state index contributed by atoms with van der Waals surface area (Å²) in [4.78, 5) is 13.4. The number of carbonyl (C=O) groups is 1. The first-order chi connectivity index (χ1) is 9.56. The Balaban J connectivity index is 1.88. The summed E-state index contributed by atoms with van der Waals surface area (Å²) in [6, 6.07) is 8.43. The van der Waals surface area contributed by atoms with Crippen LogP contribution in [0.1, 0.15) is 5.76 Å². The number of ether oxygens (including phenoxy) is 1. The van der Waals surface area contributed by atoms with E-state index in [9.17, 15) is 4.79 Å². The molecule has 0 N–H and O–H groups in total. The zero-order valence-corrected chi connectivity index (χ0v) is 12.3. The molecule has 0 aliphatic carbocycles. The average molecular weight is 314 g/mol. The van der Waals surface area contributed by atoms with Crippen molar-refractivity contribution < 1.29 is 13.9 Å². The number of halogens is 2. The smallest absolute Gasteiger partial charge is 0.260 e. The lowest BCUT2D eigenvalue weighted by molar-refractivity contribution is -0.132. The Morgan fingerprint density at radius 3 is 2.80 bits per heavy atom. The van der Waals surface area contributed by atoms with E-state index in [1.54, 1.807) is 43.6 Å². The van der Waals surface area contributed by atoms with E-state index in [1.165, 1.54) is 4.90 Å². The predicted molar refractivity (Wildman–Crippen MR) is 77.1 cm³/mol. The summed E-state index contributed by atoms with van der Waals surface area (Å²) in [6.07, 6.45) is 1.57. The zero-order chi connectivity index (χ0) is 14.5. The molecule has 0 saturated carbocycles. The van der Waals surface area contributed by atoms with Gasteiger partial charge in [0.25, 0.3) is 5.91 Å². The van der Waals surface area contributed by atoms with Gasteiger partial charge in [-0.15, -0.1) is 0 Å². The second-order valence-corrected chi connectivity index (χ2v) is 5.04. The molecule has 2 rings (SSSR count). The Morgan fingerprint density at radius 1 is 1.35 bits per heavy atom. The lowest BCUT2D eigenvalue weighted by Gasteiger charge is -2.16. The number of rotatable bonds is 5. The number of furan rings is 1. The van der Waals surface area contributed by atoms with Crippen molar-refractivity contribution in [2.24, 2.45) is 0 Å². The van der Waals surface area contributed by atoms with Gasteiger partial charge in [-0.25, -0.2) is 0 Å². The van der Waals surface area contributed by atoms with Crippen molar-refractivity contribution in [1.82, 2.24) is 4.90 Å². The third kappa shape index (κ3) is 3.92. The molecule has 0 fully saturated rings. The second-order valence-electron chi connectivity index (χ2n) is 4.19. The predicted octanol–water partition coefficient (Wildman–Crippen LogP) is 3.62. The molecule has 6 heteroatoms. The number of amides is 1. The largest absolute Gasteiger partial charge is 0.482 e. The lowest BCUT2D eigenvalue weighted by atomic mass is 10.3. The molecule has 1 aromatic heterocycles. The maximum Gasteiger partial charge on any atom is 0.260 e. The van der Waals surface area contributed by atoms with Crippen LogP contribution >= 0.6 is 23.2 Å². The first-order valence-corrected chi connectivity index (χ1v) is 6.66. The quantitative estimate of drug-likeness (QED) is 0.846. The van der Waals surface area contributed by atoms with Crippen LogP contribution in [0.4, 0.5) is 0 Å². The molecule has 0 spiro atoms. The normalized spacial score (nSPS) is 10.3. The van der Waals surface area contributed by atoms with Crippen molar-refractivity contribution in [3.05, 3.63) is 52.4 Å². The van der Waals surface area contributed by atoms with Gasteiger partial charge in [0, 0.05) is 12.1 Å². The molecular weight excluding hydrogens is 301 g/mol. The Hall–Kier alpha value is -1.65. The summed E-state index contributed by atoms with van der Waals surface area (Å²) in [5.74, 6) is 0.966. The molecule has 0 radical (unpaired) electrons. The zero-order valence-electron chi connectivity index (χ0n) is 10.8. The molecule has 4 nitrogen and oxygen atoms in total. The van der Waals surface area contributed by atoms with Crippen LogP contribution in [0.25, 0.3) is 0 Å². The Bertz CT molecular complexity index is 584. The summed E-state index contributed by atoms with van der Waals surface area (Å²) >= 11 is 11.7. The maximum absolute atomic E-state index is 11.9. The highest BCUT2D eigenvalue weighted by molar-refractivity contribution is 6.35. The van der Waals surface area contributed by atoms with Gasteiger partial charge in [0.1, 0.15) is 11.5 Å². The number of hydrogen-bond donors (Lipinski definition) is 0. The Morgan fingerprint density at radius 2 is 2.15 bits per heavy atom. The van der Waals surface area contributed by atoms with Crippen molar-refractivity contribution in [3.63, 3.8) is 0 Å². The van der Waals surface area contributed by atoms with Crippen LogP contribution in [-0.2, 0) is 11.3 Å². The summed E-state index contributed by atoms with van der Waals surface area (Å²) in [5.41, 5.74) is 0. The maximum atomic E-state index is 11.9. The number of carbonyl (C=O) groups excluding carboxylic acids is 1. The van der Waals surface area contributed by atoms with E-state index in [1.807, 2.05) is 0 Å².